The minimum absolute atomic E-state index is 0.0689. The fourth-order valence-corrected chi connectivity index (χ4v) is 3.89. The highest BCUT2D eigenvalue weighted by Crippen LogP contribution is 2.16. The number of hydrogen-bond donors (Lipinski definition) is 1. The summed E-state index contributed by atoms with van der Waals surface area (Å²) in [4.78, 5) is 12.1. The van der Waals surface area contributed by atoms with Crippen LogP contribution in [0.3, 0.4) is 0 Å². The van der Waals surface area contributed by atoms with Crippen molar-refractivity contribution in [2.24, 2.45) is 0 Å². The molecule has 0 bridgehead atoms. The van der Waals surface area contributed by atoms with Crippen LogP contribution < -0.4 is 10.1 Å². The molecule has 1 N–H and O–H groups in total. The summed E-state index contributed by atoms with van der Waals surface area (Å²) in [6.45, 7) is 0. The average molecular weight is 320 g/mol. The van der Waals surface area contributed by atoms with E-state index in [9.17, 15) is 13.2 Å². The number of amides is 1. The molecule has 0 saturated carbocycles. The molecule has 0 spiro atoms. The Kier molecular flexibility index (Phi) is 4.83. The van der Waals surface area contributed by atoms with Crippen molar-refractivity contribution in [3.63, 3.8) is 0 Å². The Morgan fingerprint density at radius 2 is 2.27 bits per heavy atom. The summed E-state index contributed by atoms with van der Waals surface area (Å²) in [5.41, 5.74) is 0.586. The van der Waals surface area contributed by atoms with Gasteiger partial charge in [-0.15, -0.1) is 0 Å². The minimum atomic E-state index is -3.08. The van der Waals surface area contributed by atoms with Crippen LogP contribution in [0.4, 0.5) is 0 Å². The summed E-state index contributed by atoms with van der Waals surface area (Å²) >= 11 is 0. The van der Waals surface area contributed by atoms with E-state index in [1.807, 2.05) is 6.07 Å². The number of methoxy groups -OCH3 is 1. The van der Waals surface area contributed by atoms with E-state index in [-0.39, 0.29) is 17.1 Å². The predicted octanol–water partition coefficient (Wildman–Crippen LogP) is 0.905. The van der Waals surface area contributed by atoms with E-state index in [2.05, 4.69) is 5.32 Å². The van der Waals surface area contributed by atoms with Gasteiger partial charge in [-0.25, -0.2) is 8.42 Å². The molecule has 1 heterocycles. The van der Waals surface area contributed by atoms with Gasteiger partial charge in [-0.1, -0.05) is 12.1 Å². The normalized spacial score (nSPS) is 20.2. The lowest BCUT2D eigenvalue weighted by Crippen LogP contribution is -2.36. The maximum Gasteiger partial charge on any atom is 0.262 e. The van der Waals surface area contributed by atoms with Gasteiger partial charge in [0.2, 0.25) is 0 Å². The lowest BCUT2D eigenvalue weighted by molar-refractivity contribution is -0.117. The van der Waals surface area contributed by atoms with Gasteiger partial charge in [0.05, 0.1) is 18.6 Å². The second kappa shape index (κ2) is 6.62. The smallest absolute Gasteiger partial charge is 0.262 e. The van der Waals surface area contributed by atoms with Crippen LogP contribution in [0.15, 0.2) is 29.8 Å². The Labute approximate surface area is 129 Å². The number of sulfone groups is 1. The largest absolute Gasteiger partial charge is 0.497 e. The third-order valence-electron chi connectivity index (χ3n) is 3.34. The minimum Gasteiger partial charge on any atom is -0.497 e. The molecule has 0 radical (unpaired) electrons. The maximum absolute atomic E-state index is 12.1. The molecule has 1 aromatic carbocycles. The molecular weight excluding hydrogens is 304 g/mol. The number of rotatable bonds is 4. The average Bonchev–Trinajstić information content (AvgIpc) is 2.83. The van der Waals surface area contributed by atoms with Crippen molar-refractivity contribution in [3.8, 4) is 11.8 Å². The van der Waals surface area contributed by atoms with Crippen LogP contribution in [0.1, 0.15) is 12.0 Å². The SMILES string of the molecule is COc1cccc(/C=C(/C#N)C(=O)N[C@H]2CCS(=O)(=O)C2)c1. The quantitative estimate of drug-likeness (QED) is 0.657. The van der Waals surface area contributed by atoms with Gasteiger partial charge in [0, 0.05) is 6.04 Å². The molecule has 2 rings (SSSR count). The van der Waals surface area contributed by atoms with E-state index in [1.54, 1.807) is 24.3 Å². The van der Waals surface area contributed by atoms with Gasteiger partial charge in [0.1, 0.15) is 17.4 Å². The Bertz CT molecular complexity index is 747. The fourth-order valence-electron chi connectivity index (χ4n) is 2.22. The van der Waals surface area contributed by atoms with Crippen molar-refractivity contribution < 1.29 is 17.9 Å². The van der Waals surface area contributed by atoms with Gasteiger partial charge in [-0.3, -0.25) is 4.79 Å². The fraction of sp³-hybridized carbons (Fsp3) is 0.333. The Morgan fingerprint density at radius 1 is 1.50 bits per heavy atom. The third kappa shape index (κ3) is 4.09. The highest BCUT2D eigenvalue weighted by atomic mass is 32.2. The van der Waals surface area contributed by atoms with E-state index in [4.69, 9.17) is 10.00 Å². The van der Waals surface area contributed by atoms with Crippen molar-refractivity contribution in [1.82, 2.24) is 5.32 Å². The van der Waals surface area contributed by atoms with Crippen molar-refractivity contribution >= 4 is 21.8 Å². The summed E-state index contributed by atoms with van der Waals surface area (Å²) in [6, 6.07) is 8.36. The number of carbonyl (C=O) groups is 1. The summed E-state index contributed by atoms with van der Waals surface area (Å²) in [7, 11) is -1.55. The number of ether oxygens (including phenoxy) is 1. The molecule has 1 aliphatic heterocycles. The van der Waals surface area contributed by atoms with Crippen LogP contribution in [-0.2, 0) is 14.6 Å². The van der Waals surface area contributed by atoms with Crippen molar-refractivity contribution in [1.29, 1.82) is 5.26 Å². The van der Waals surface area contributed by atoms with E-state index in [1.165, 1.54) is 13.2 Å². The molecule has 1 saturated heterocycles. The van der Waals surface area contributed by atoms with Crippen molar-refractivity contribution in [2.75, 3.05) is 18.6 Å². The first-order valence-electron chi connectivity index (χ1n) is 6.70. The molecule has 6 nitrogen and oxygen atoms in total. The summed E-state index contributed by atoms with van der Waals surface area (Å²) in [5, 5.41) is 11.7. The molecule has 0 aliphatic carbocycles. The van der Waals surface area contributed by atoms with E-state index in [0.717, 1.165) is 0 Å². The Hall–Kier alpha value is -2.33. The molecule has 7 heteroatoms. The van der Waals surface area contributed by atoms with Gasteiger partial charge < -0.3 is 10.1 Å². The number of nitrogens with one attached hydrogen (secondary N) is 1. The lowest BCUT2D eigenvalue weighted by atomic mass is 10.1. The first-order valence-corrected chi connectivity index (χ1v) is 8.53. The molecule has 0 unspecified atom stereocenters. The number of nitrogens with zero attached hydrogens (tertiary/aromatic N) is 1. The zero-order valence-electron chi connectivity index (χ0n) is 12.1. The molecular formula is C15H16N2O4S. The van der Waals surface area contributed by atoms with Crippen LogP contribution in [0.5, 0.6) is 5.75 Å². The standard InChI is InChI=1S/C15H16N2O4S/c1-21-14-4-2-3-11(8-14)7-12(9-16)15(18)17-13-5-6-22(19,20)10-13/h2-4,7-8,13H,5-6,10H2,1H3,(H,17,18)/b12-7-/t13-/m0/s1. The van der Waals surface area contributed by atoms with E-state index < -0.39 is 21.8 Å². The third-order valence-corrected chi connectivity index (χ3v) is 5.11. The van der Waals surface area contributed by atoms with Crippen LogP contribution in [0.2, 0.25) is 0 Å². The van der Waals surface area contributed by atoms with Crippen LogP contribution in [-0.4, -0.2) is 39.0 Å². The van der Waals surface area contributed by atoms with Gasteiger partial charge in [0.15, 0.2) is 9.84 Å². The summed E-state index contributed by atoms with van der Waals surface area (Å²) < 4.78 is 27.8. The monoisotopic (exact) mass is 320 g/mol. The van der Waals surface area contributed by atoms with Gasteiger partial charge in [0.25, 0.3) is 5.91 Å². The van der Waals surface area contributed by atoms with Crippen LogP contribution in [0, 0.1) is 11.3 Å². The second-order valence-corrected chi connectivity index (χ2v) is 7.25. The topological polar surface area (TPSA) is 96.3 Å². The first-order chi connectivity index (χ1) is 10.4. The molecule has 0 aromatic heterocycles. The zero-order valence-corrected chi connectivity index (χ0v) is 12.9. The Morgan fingerprint density at radius 3 is 2.86 bits per heavy atom. The second-order valence-electron chi connectivity index (χ2n) is 5.02. The summed E-state index contributed by atoms with van der Waals surface area (Å²) in [6.07, 6.45) is 1.83. The summed E-state index contributed by atoms with van der Waals surface area (Å²) in [5.74, 6) is 0.0523. The molecule has 22 heavy (non-hydrogen) atoms. The predicted molar refractivity (Wildman–Crippen MR) is 81.8 cm³/mol. The van der Waals surface area contributed by atoms with Crippen LogP contribution in [0.25, 0.3) is 6.08 Å². The van der Waals surface area contributed by atoms with E-state index in [0.29, 0.717) is 17.7 Å². The van der Waals surface area contributed by atoms with Gasteiger partial charge >= 0.3 is 0 Å². The van der Waals surface area contributed by atoms with Crippen molar-refractivity contribution in [3.05, 3.63) is 35.4 Å². The van der Waals surface area contributed by atoms with E-state index >= 15 is 0 Å². The number of benzene rings is 1. The first kappa shape index (κ1) is 16.0. The van der Waals surface area contributed by atoms with Gasteiger partial charge in [-0.05, 0) is 30.2 Å². The molecule has 1 atom stereocenters. The number of nitriles is 1. The Balaban J connectivity index is 2.12. The van der Waals surface area contributed by atoms with Crippen LogP contribution >= 0.6 is 0 Å². The molecule has 116 valence electrons. The highest BCUT2D eigenvalue weighted by molar-refractivity contribution is 7.91. The molecule has 1 fully saturated rings. The number of carbonyl (C=O) groups excluding carboxylic acids is 1. The zero-order chi connectivity index (χ0) is 16.2. The van der Waals surface area contributed by atoms with Crippen molar-refractivity contribution in [2.45, 2.75) is 12.5 Å². The molecule has 1 amide bonds. The number of hydrogen-bond acceptors (Lipinski definition) is 5. The molecule has 1 aliphatic rings. The highest BCUT2D eigenvalue weighted by Gasteiger charge is 2.29. The molecule has 1 aromatic rings. The van der Waals surface area contributed by atoms with Gasteiger partial charge in [-0.2, -0.15) is 5.26 Å². The lowest BCUT2D eigenvalue weighted by Gasteiger charge is -2.10. The maximum atomic E-state index is 12.1.